The Morgan fingerprint density at radius 3 is 2.79 bits per heavy atom. The van der Waals surface area contributed by atoms with E-state index in [1.54, 1.807) is 12.1 Å². The van der Waals surface area contributed by atoms with Crippen molar-refractivity contribution in [3.63, 3.8) is 0 Å². The predicted octanol–water partition coefficient (Wildman–Crippen LogP) is -0.373. The summed E-state index contributed by atoms with van der Waals surface area (Å²) in [4.78, 5) is 0. The number of ether oxygens (including phenoxy) is 1. The van der Waals surface area contributed by atoms with Crippen LogP contribution in [-0.2, 0) is 0 Å². The van der Waals surface area contributed by atoms with Gasteiger partial charge in [0.15, 0.2) is 11.5 Å². The minimum atomic E-state index is -0.533. The van der Waals surface area contributed by atoms with Crippen LogP contribution < -0.4 is 10.1 Å². The summed E-state index contributed by atoms with van der Waals surface area (Å²) in [7, 11) is 3.37. The second-order valence-electron chi connectivity index (χ2n) is 3.09. The molecular formula is C10H16NO3+. The molecule has 0 aliphatic rings. The number of aromatic hydroxyl groups is 1. The topological polar surface area (TPSA) is 66.3 Å². The second kappa shape index (κ2) is 4.83. The lowest BCUT2D eigenvalue weighted by molar-refractivity contribution is -0.634. The number of methoxy groups -OCH3 is 1. The molecule has 0 saturated carbocycles. The summed E-state index contributed by atoms with van der Waals surface area (Å²) >= 11 is 0. The first-order valence-electron chi connectivity index (χ1n) is 4.51. The first kappa shape index (κ1) is 10.8. The normalized spacial score (nSPS) is 12.5. The lowest BCUT2D eigenvalue weighted by Gasteiger charge is -2.10. The summed E-state index contributed by atoms with van der Waals surface area (Å²) in [5.41, 5.74) is 0.748. The molecule has 4 heteroatoms. The maximum atomic E-state index is 9.66. The van der Waals surface area contributed by atoms with Gasteiger partial charge < -0.3 is 20.3 Å². The van der Waals surface area contributed by atoms with Crippen molar-refractivity contribution in [1.82, 2.24) is 0 Å². The van der Waals surface area contributed by atoms with E-state index in [-0.39, 0.29) is 5.75 Å². The monoisotopic (exact) mass is 198 g/mol. The minimum Gasteiger partial charge on any atom is -0.504 e. The van der Waals surface area contributed by atoms with E-state index in [1.165, 1.54) is 13.2 Å². The molecule has 1 rings (SSSR count). The third-order valence-electron chi connectivity index (χ3n) is 2.05. The molecule has 1 atom stereocenters. The summed E-state index contributed by atoms with van der Waals surface area (Å²) in [5, 5.41) is 20.9. The Morgan fingerprint density at radius 2 is 2.21 bits per heavy atom. The maximum Gasteiger partial charge on any atom is 0.160 e. The number of hydrogen-bond acceptors (Lipinski definition) is 3. The van der Waals surface area contributed by atoms with Crippen molar-refractivity contribution in [2.75, 3.05) is 20.7 Å². The third-order valence-corrected chi connectivity index (χ3v) is 2.05. The molecule has 0 bridgehead atoms. The highest BCUT2D eigenvalue weighted by Gasteiger charge is 2.11. The standard InChI is InChI=1S/C10H15NO3/c1-11-6-9(13)7-3-4-8(12)10(5-7)14-2/h3-5,9,11-13H,6H2,1-2H3/p+1/t9-/m1/s1. The van der Waals surface area contributed by atoms with Crippen molar-refractivity contribution in [3.05, 3.63) is 23.8 Å². The average Bonchev–Trinajstić information content (AvgIpc) is 2.19. The summed E-state index contributed by atoms with van der Waals surface area (Å²) < 4.78 is 4.94. The van der Waals surface area contributed by atoms with E-state index in [9.17, 15) is 10.2 Å². The molecule has 0 radical (unpaired) electrons. The largest absolute Gasteiger partial charge is 0.504 e. The van der Waals surface area contributed by atoms with E-state index >= 15 is 0 Å². The summed E-state index contributed by atoms with van der Waals surface area (Å²) in [5.74, 6) is 0.474. The number of phenols is 1. The number of rotatable bonds is 4. The third kappa shape index (κ3) is 2.37. The first-order chi connectivity index (χ1) is 6.69. The van der Waals surface area contributed by atoms with E-state index in [4.69, 9.17) is 4.74 Å². The molecule has 0 aliphatic heterocycles. The lowest BCUT2D eigenvalue weighted by atomic mass is 10.1. The number of hydrogen-bond donors (Lipinski definition) is 3. The Bertz CT molecular complexity index is 301. The van der Waals surface area contributed by atoms with Crippen LogP contribution in [0, 0.1) is 0 Å². The molecule has 0 aromatic heterocycles. The summed E-state index contributed by atoms with van der Waals surface area (Å²) in [6, 6.07) is 4.85. The van der Waals surface area contributed by atoms with E-state index in [1.807, 2.05) is 12.4 Å². The van der Waals surface area contributed by atoms with Gasteiger partial charge in [-0.2, -0.15) is 0 Å². The molecule has 4 N–H and O–H groups in total. The van der Waals surface area contributed by atoms with Gasteiger partial charge in [-0.25, -0.2) is 0 Å². The molecule has 0 heterocycles. The molecule has 14 heavy (non-hydrogen) atoms. The zero-order valence-corrected chi connectivity index (χ0v) is 8.40. The Kier molecular flexibility index (Phi) is 3.73. The number of nitrogens with two attached hydrogens (primary N) is 1. The lowest BCUT2D eigenvalue weighted by Crippen LogP contribution is -2.80. The molecule has 0 amide bonds. The Morgan fingerprint density at radius 1 is 1.50 bits per heavy atom. The fourth-order valence-electron chi connectivity index (χ4n) is 1.26. The summed E-state index contributed by atoms with van der Waals surface area (Å²) in [6.07, 6.45) is -0.533. The highest BCUT2D eigenvalue weighted by molar-refractivity contribution is 5.42. The van der Waals surface area contributed by atoms with Crippen LogP contribution in [0.4, 0.5) is 0 Å². The fourth-order valence-corrected chi connectivity index (χ4v) is 1.26. The van der Waals surface area contributed by atoms with Gasteiger partial charge >= 0.3 is 0 Å². The highest BCUT2D eigenvalue weighted by Crippen LogP contribution is 2.28. The van der Waals surface area contributed by atoms with E-state index < -0.39 is 6.10 Å². The molecular weight excluding hydrogens is 182 g/mol. The molecule has 0 saturated heterocycles. The van der Waals surface area contributed by atoms with Crippen LogP contribution in [0.2, 0.25) is 0 Å². The van der Waals surface area contributed by atoms with Crippen LogP contribution >= 0.6 is 0 Å². The van der Waals surface area contributed by atoms with E-state index in [2.05, 4.69) is 0 Å². The molecule has 0 spiro atoms. The highest BCUT2D eigenvalue weighted by atomic mass is 16.5. The predicted molar refractivity (Wildman–Crippen MR) is 52.3 cm³/mol. The van der Waals surface area contributed by atoms with Gasteiger partial charge in [0.05, 0.1) is 14.2 Å². The van der Waals surface area contributed by atoms with Gasteiger partial charge in [0.1, 0.15) is 12.6 Å². The minimum absolute atomic E-state index is 0.0870. The van der Waals surface area contributed by atoms with Crippen molar-refractivity contribution in [3.8, 4) is 11.5 Å². The Hall–Kier alpha value is -1.26. The molecule has 0 aliphatic carbocycles. The number of phenolic OH excluding ortho intramolecular Hbond substituents is 1. The van der Waals surface area contributed by atoms with Crippen LogP contribution in [0.3, 0.4) is 0 Å². The van der Waals surface area contributed by atoms with Crippen LogP contribution in [0.5, 0.6) is 11.5 Å². The number of likely N-dealkylation sites (N-methyl/N-ethyl adjacent to an activating group) is 1. The van der Waals surface area contributed by atoms with Crippen molar-refractivity contribution >= 4 is 0 Å². The van der Waals surface area contributed by atoms with Gasteiger partial charge in [-0.05, 0) is 17.7 Å². The van der Waals surface area contributed by atoms with Crippen LogP contribution in [-0.4, -0.2) is 30.9 Å². The van der Waals surface area contributed by atoms with Crippen molar-refractivity contribution < 1.29 is 20.3 Å². The average molecular weight is 198 g/mol. The zero-order chi connectivity index (χ0) is 10.6. The Balaban J connectivity index is 2.88. The number of aliphatic hydroxyl groups is 1. The first-order valence-corrected chi connectivity index (χ1v) is 4.51. The molecule has 4 nitrogen and oxygen atoms in total. The van der Waals surface area contributed by atoms with Gasteiger partial charge in [-0.3, -0.25) is 0 Å². The maximum absolute atomic E-state index is 9.66. The fraction of sp³-hybridized carbons (Fsp3) is 0.400. The summed E-state index contributed by atoms with van der Waals surface area (Å²) in [6.45, 7) is 0.591. The van der Waals surface area contributed by atoms with Gasteiger partial charge in [-0.1, -0.05) is 6.07 Å². The van der Waals surface area contributed by atoms with Crippen LogP contribution in [0.25, 0.3) is 0 Å². The zero-order valence-electron chi connectivity index (χ0n) is 8.40. The van der Waals surface area contributed by atoms with Crippen molar-refractivity contribution in [2.24, 2.45) is 0 Å². The van der Waals surface area contributed by atoms with Gasteiger partial charge in [0.2, 0.25) is 0 Å². The van der Waals surface area contributed by atoms with E-state index in [0.717, 1.165) is 5.56 Å². The SMILES string of the molecule is C[NH2+]C[C@@H](O)c1ccc(O)c(OC)c1. The van der Waals surface area contributed by atoms with Crippen molar-refractivity contribution in [1.29, 1.82) is 0 Å². The van der Waals surface area contributed by atoms with Crippen molar-refractivity contribution in [2.45, 2.75) is 6.10 Å². The smallest absolute Gasteiger partial charge is 0.160 e. The molecule has 78 valence electrons. The Labute approximate surface area is 83.1 Å². The molecule has 0 unspecified atom stereocenters. The van der Waals surface area contributed by atoms with Crippen LogP contribution in [0.15, 0.2) is 18.2 Å². The van der Waals surface area contributed by atoms with Gasteiger partial charge in [-0.15, -0.1) is 0 Å². The molecule has 1 aromatic rings. The second-order valence-corrected chi connectivity index (χ2v) is 3.09. The molecule has 0 fully saturated rings. The van der Waals surface area contributed by atoms with Gasteiger partial charge in [0, 0.05) is 0 Å². The van der Waals surface area contributed by atoms with E-state index in [0.29, 0.717) is 12.3 Å². The number of aliphatic hydroxyl groups excluding tert-OH is 1. The quantitative estimate of drug-likeness (QED) is 0.618. The number of quaternary nitrogens is 1. The number of benzene rings is 1. The van der Waals surface area contributed by atoms with Crippen LogP contribution in [0.1, 0.15) is 11.7 Å². The van der Waals surface area contributed by atoms with Gasteiger partial charge in [0.25, 0.3) is 0 Å². The molecule has 1 aromatic carbocycles.